The van der Waals surface area contributed by atoms with E-state index in [-0.39, 0.29) is 11.4 Å². The van der Waals surface area contributed by atoms with Crippen molar-refractivity contribution in [3.8, 4) is 0 Å². The normalized spacial score (nSPS) is 10.2. The number of aromatic carboxylic acids is 1. The maximum atomic E-state index is 13.5. The van der Waals surface area contributed by atoms with E-state index in [0.29, 0.717) is 9.60 Å². The molecule has 2 aromatic rings. The Morgan fingerprint density at radius 1 is 1.53 bits per heavy atom. The number of para-hydroxylation sites is 1. The summed E-state index contributed by atoms with van der Waals surface area (Å²) in [6, 6.07) is 4.55. The molecule has 0 bridgehead atoms. The van der Waals surface area contributed by atoms with Gasteiger partial charge in [-0.2, -0.15) is 0 Å². The summed E-state index contributed by atoms with van der Waals surface area (Å²) in [4.78, 5) is 14.4. The zero-order valence-electron chi connectivity index (χ0n) is 8.28. The van der Waals surface area contributed by atoms with Gasteiger partial charge in [0.05, 0.1) is 5.69 Å². The molecule has 0 unspecified atom stereocenters. The van der Waals surface area contributed by atoms with Crippen molar-refractivity contribution in [3.63, 3.8) is 0 Å². The number of nitrogens with one attached hydrogen (secondary N) is 1. The van der Waals surface area contributed by atoms with Crippen LogP contribution in [0.25, 0.3) is 0 Å². The Hall–Kier alpha value is -1.47. The molecule has 7 heteroatoms. The summed E-state index contributed by atoms with van der Waals surface area (Å²) in [5, 5.41) is 13.2. The number of aromatic nitrogens is 1. The molecule has 17 heavy (non-hydrogen) atoms. The molecule has 0 spiro atoms. The zero-order chi connectivity index (χ0) is 12.4. The first-order chi connectivity index (χ1) is 8.08. The van der Waals surface area contributed by atoms with Crippen LogP contribution in [0.5, 0.6) is 0 Å². The molecule has 0 amide bonds. The lowest BCUT2D eigenvalue weighted by Gasteiger charge is -2.05. The lowest BCUT2D eigenvalue weighted by Crippen LogP contribution is -1.98. The minimum absolute atomic E-state index is 0.0649. The van der Waals surface area contributed by atoms with Gasteiger partial charge in [0.15, 0.2) is 10.8 Å². The van der Waals surface area contributed by atoms with Crippen molar-refractivity contribution in [2.45, 2.75) is 0 Å². The third kappa shape index (κ3) is 2.62. The topological polar surface area (TPSA) is 62.2 Å². The summed E-state index contributed by atoms with van der Waals surface area (Å²) in [7, 11) is 0. The van der Waals surface area contributed by atoms with Crippen molar-refractivity contribution < 1.29 is 14.3 Å². The van der Waals surface area contributed by atoms with E-state index in [1.165, 1.54) is 11.4 Å². The van der Waals surface area contributed by atoms with Crippen molar-refractivity contribution >= 4 is 44.1 Å². The van der Waals surface area contributed by atoms with Crippen LogP contribution in [0.1, 0.15) is 10.5 Å². The molecule has 1 heterocycles. The Labute approximate surface area is 108 Å². The third-order valence-electron chi connectivity index (χ3n) is 1.92. The SMILES string of the molecule is O=C(O)c1csc(Nc2c(F)cccc2Br)n1. The number of nitrogens with zero attached hydrogens (tertiary/aromatic N) is 1. The molecule has 2 rings (SSSR count). The van der Waals surface area contributed by atoms with Crippen LogP contribution in [0.15, 0.2) is 28.1 Å². The number of halogens is 2. The molecule has 4 nitrogen and oxygen atoms in total. The first-order valence-corrected chi connectivity index (χ1v) is 6.15. The summed E-state index contributed by atoms with van der Waals surface area (Å²) in [5.41, 5.74) is 0.170. The van der Waals surface area contributed by atoms with Gasteiger partial charge in [0.25, 0.3) is 0 Å². The molecular weight excluding hydrogens is 311 g/mol. The number of rotatable bonds is 3. The summed E-state index contributed by atoms with van der Waals surface area (Å²) in [6.45, 7) is 0. The lowest BCUT2D eigenvalue weighted by molar-refractivity contribution is 0.0691. The Morgan fingerprint density at radius 3 is 2.88 bits per heavy atom. The zero-order valence-corrected chi connectivity index (χ0v) is 10.7. The highest BCUT2D eigenvalue weighted by Gasteiger charge is 2.11. The Morgan fingerprint density at radius 2 is 2.29 bits per heavy atom. The van der Waals surface area contributed by atoms with Crippen molar-refractivity contribution in [3.05, 3.63) is 39.6 Å². The molecule has 0 aliphatic heterocycles. The van der Waals surface area contributed by atoms with Crippen molar-refractivity contribution in [1.82, 2.24) is 4.98 Å². The molecule has 0 aliphatic rings. The fourth-order valence-corrected chi connectivity index (χ4v) is 2.28. The minimum Gasteiger partial charge on any atom is -0.476 e. The smallest absolute Gasteiger partial charge is 0.355 e. The molecule has 0 aliphatic carbocycles. The quantitative estimate of drug-likeness (QED) is 0.910. The van der Waals surface area contributed by atoms with Crippen LogP contribution in [0.2, 0.25) is 0 Å². The molecule has 1 aromatic carbocycles. The van der Waals surface area contributed by atoms with Gasteiger partial charge in [-0.15, -0.1) is 11.3 Å². The molecule has 0 saturated heterocycles. The van der Waals surface area contributed by atoms with Crippen LogP contribution in [0, 0.1) is 5.82 Å². The molecule has 0 radical (unpaired) electrons. The highest BCUT2D eigenvalue weighted by molar-refractivity contribution is 9.10. The van der Waals surface area contributed by atoms with E-state index in [2.05, 4.69) is 26.2 Å². The van der Waals surface area contributed by atoms with Crippen molar-refractivity contribution in [2.24, 2.45) is 0 Å². The fourth-order valence-electron chi connectivity index (χ4n) is 1.15. The maximum Gasteiger partial charge on any atom is 0.355 e. The number of anilines is 2. The molecule has 1 aromatic heterocycles. The number of carboxylic acid groups (broad SMARTS) is 1. The van der Waals surface area contributed by atoms with Gasteiger partial charge in [-0.25, -0.2) is 14.2 Å². The molecule has 2 N–H and O–H groups in total. The Balaban J connectivity index is 2.28. The van der Waals surface area contributed by atoms with Crippen LogP contribution >= 0.6 is 27.3 Å². The fraction of sp³-hybridized carbons (Fsp3) is 0. The first kappa shape index (κ1) is 12.0. The largest absolute Gasteiger partial charge is 0.476 e. The Kier molecular flexibility index (Phi) is 3.39. The van der Waals surface area contributed by atoms with Gasteiger partial charge in [0.1, 0.15) is 5.82 Å². The summed E-state index contributed by atoms with van der Waals surface area (Å²) in [5.74, 6) is -1.55. The second kappa shape index (κ2) is 4.80. The average Bonchev–Trinajstić information content (AvgIpc) is 2.72. The number of carboxylic acids is 1. The van der Waals surface area contributed by atoms with Crippen molar-refractivity contribution in [2.75, 3.05) is 5.32 Å². The van der Waals surface area contributed by atoms with Crippen LogP contribution < -0.4 is 5.32 Å². The van der Waals surface area contributed by atoms with E-state index in [1.807, 2.05) is 0 Å². The average molecular weight is 317 g/mol. The molecule has 0 saturated carbocycles. The second-order valence-electron chi connectivity index (χ2n) is 3.06. The number of hydrogen-bond donors (Lipinski definition) is 2. The molecule has 0 fully saturated rings. The molecular formula is C10H6BrFN2O2S. The molecule has 0 atom stereocenters. The predicted molar refractivity (Wildman–Crippen MR) is 66.5 cm³/mol. The lowest BCUT2D eigenvalue weighted by atomic mass is 10.3. The summed E-state index contributed by atoms with van der Waals surface area (Å²) in [6.07, 6.45) is 0. The number of hydrogen-bond acceptors (Lipinski definition) is 4. The number of benzene rings is 1. The van der Waals surface area contributed by atoms with Crippen LogP contribution in [0.4, 0.5) is 15.2 Å². The predicted octanol–water partition coefficient (Wildman–Crippen LogP) is 3.49. The van der Waals surface area contributed by atoms with E-state index >= 15 is 0 Å². The van der Waals surface area contributed by atoms with Gasteiger partial charge < -0.3 is 10.4 Å². The van der Waals surface area contributed by atoms with E-state index in [9.17, 15) is 9.18 Å². The van der Waals surface area contributed by atoms with Crippen LogP contribution in [0.3, 0.4) is 0 Å². The van der Waals surface area contributed by atoms with Crippen LogP contribution in [-0.2, 0) is 0 Å². The monoisotopic (exact) mass is 316 g/mol. The van der Waals surface area contributed by atoms with E-state index in [0.717, 1.165) is 11.3 Å². The third-order valence-corrected chi connectivity index (χ3v) is 3.34. The summed E-state index contributed by atoms with van der Waals surface area (Å²) < 4.78 is 14.0. The van der Waals surface area contributed by atoms with E-state index in [4.69, 9.17) is 5.11 Å². The minimum atomic E-state index is -1.11. The highest BCUT2D eigenvalue weighted by atomic mass is 79.9. The van der Waals surface area contributed by atoms with Gasteiger partial charge in [-0.3, -0.25) is 0 Å². The van der Waals surface area contributed by atoms with Crippen molar-refractivity contribution in [1.29, 1.82) is 0 Å². The number of carbonyl (C=O) groups is 1. The van der Waals surface area contributed by atoms with Gasteiger partial charge in [-0.1, -0.05) is 6.07 Å². The van der Waals surface area contributed by atoms with E-state index < -0.39 is 11.8 Å². The Bertz CT molecular complexity index is 553. The molecule has 88 valence electrons. The van der Waals surface area contributed by atoms with Crippen LogP contribution in [-0.4, -0.2) is 16.1 Å². The van der Waals surface area contributed by atoms with Gasteiger partial charge >= 0.3 is 5.97 Å². The summed E-state index contributed by atoms with van der Waals surface area (Å²) >= 11 is 4.30. The number of thiazole rings is 1. The highest BCUT2D eigenvalue weighted by Crippen LogP contribution is 2.29. The maximum absolute atomic E-state index is 13.5. The van der Waals surface area contributed by atoms with Gasteiger partial charge in [0.2, 0.25) is 0 Å². The van der Waals surface area contributed by atoms with Gasteiger partial charge in [0, 0.05) is 9.85 Å². The first-order valence-electron chi connectivity index (χ1n) is 4.48. The van der Waals surface area contributed by atoms with E-state index in [1.54, 1.807) is 12.1 Å². The van der Waals surface area contributed by atoms with Gasteiger partial charge in [-0.05, 0) is 28.1 Å². The standard InChI is InChI=1S/C10H6BrFN2O2S/c11-5-2-1-3-6(12)8(5)14-10-13-7(4-17-10)9(15)16/h1-4H,(H,13,14)(H,15,16). The second-order valence-corrected chi connectivity index (χ2v) is 4.78.